The van der Waals surface area contributed by atoms with Gasteiger partial charge in [-0.2, -0.15) is 0 Å². The van der Waals surface area contributed by atoms with Crippen molar-refractivity contribution in [2.75, 3.05) is 43.2 Å². The number of methoxy groups -OCH3 is 1. The van der Waals surface area contributed by atoms with E-state index in [9.17, 15) is 13.2 Å². The van der Waals surface area contributed by atoms with E-state index in [-0.39, 0.29) is 41.8 Å². The van der Waals surface area contributed by atoms with Gasteiger partial charge in [0.25, 0.3) is 0 Å². The van der Waals surface area contributed by atoms with E-state index >= 15 is 4.39 Å². The fraction of sp³-hybridized carbons (Fsp3) is 0.444. The van der Waals surface area contributed by atoms with Gasteiger partial charge in [-0.3, -0.25) is 14.5 Å². The van der Waals surface area contributed by atoms with Crippen LogP contribution in [0.5, 0.6) is 5.88 Å². The molecule has 1 saturated carbocycles. The largest absolute Gasteiger partial charge is 0.475 e. The molecule has 1 amide bonds. The number of fused-ring (bicyclic) bond motifs is 4. The van der Waals surface area contributed by atoms with E-state index in [1.807, 2.05) is 13.8 Å². The highest BCUT2D eigenvalue weighted by molar-refractivity contribution is 7.92. The number of benzene rings is 1. The molecule has 10 nitrogen and oxygen atoms in total. The summed E-state index contributed by atoms with van der Waals surface area (Å²) in [4.78, 5) is 23.7. The highest BCUT2D eigenvalue weighted by Crippen LogP contribution is 2.56. The van der Waals surface area contributed by atoms with E-state index in [1.54, 1.807) is 31.3 Å². The predicted octanol–water partition coefficient (Wildman–Crippen LogP) is 3.21. The first-order chi connectivity index (χ1) is 18.4. The summed E-state index contributed by atoms with van der Waals surface area (Å²) >= 11 is 0. The maximum atomic E-state index is 15.5. The zero-order valence-electron chi connectivity index (χ0n) is 22.5. The number of carbonyl (C=O) groups excluding carboxylic acids is 1. The van der Waals surface area contributed by atoms with Crippen LogP contribution in [0.2, 0.25) is 0 Å². The SMILES string of the molecule is CO[C@H]1C[C@]2(C1)C(=O)N(C)c1cnc3cc(F)c(-c4cnc(OCCNC(C)C)c(NS(C)(=O)=O)c4)cc3c12. The topological polar surface area (TPSA) is 123 Å². The number of likely N-dealkylation sites (N-methyl/N-ethyl adjacent to an activating group) is 1. The molecule has 0 saturated heterocycles. The molecule has 2 aromatic heterocycles. The van der Waals surface area contributed by atoms with Gasteiger partial charge in [0.1, 0.15) is 18.1 Å². The van der Waals surface area contributed by atoms with Gasteiger partial charge < -0.3 is 19.7 Å². The molecule has 1 aliphatic heterocycles. The molecule has 12 heteroatoms. The number of anilines is 2. The Morgan fingerprint density at radius 2 is 1.95 bits per heavy atom. The molecule has 0 bridgehead atoms. The maximum absolute atomic E-state index is 15.5. The van der Waals surface area contributed by atoms with Crippen LogP contribution < -0.4 is 19.7 Å². The lowest BCUT2D eigenvalue weighted by Gasteiger charge is -2.43. The Labute approximate surface area is 227 Å². The molecular weight excluding hydrogens is 525 g/mol. The van der Waals surface area contributed by atoms with Crippen molar-refractivity contribution in [3.05, 3.63) is 42.0 Å². The van der Waals surface area contributed by atoms with Crippen LogP contribution in [0.1, 0.15) is 32.3 Å². The summed E-state index contributed by atoms with van der Waals surface area (Å²) in [7, 11) is -0.324. The molecule has 0 atom stereocenters. The van der Waals surface area contributed by atoms with Crippen LogP contribution in [0.4, 0.5) is 15.8 Å². The molecule has 1 aliphatic carbocycles. The number of amides is 1. The fourth-order valence-electron chi connectivity index (χ4n) is 5.46. The van der Waals surface area contributed by atoms with Crippen molar-refractivity contribution in [2.45, 2.75) is 44.2 Å². The third-order valence-electron chi connectivity index (χ3n) is 7.33. The molecule has 3 heterocycles. The molecule has 2 N–H and O–H groups in total. The highest BCUT2D eigenvalue weighted by atomic mass is 32.2. The minimum Gasteiger partial charge on any atom is -0.475 e. The average Bonchev–Trinajstić information content (AvgIpc) is 3.07. The van der Waals surface area contributed by atoms with Gasteiger partial charge in [0.05, 0.1) is 35.2 Å². The molecule has 1 aromatic carbocycles. The summed E-state index contributed by atoms with van der Waals surface area (Å²) < 4.78 is 53.2. The standard InChI is InChI=1S/C27H32FN5O5S/c1-15(2)29-6-7-38-25-22(32-39(5,35)36)8-16(13-31-25)18-9-19-21(10-20(18)28)30-14-23-24(19)27(26(34)33(23)3)11-17(12-27)37-4/h8-10,13-15,17,29,32H,6-7,11-12H2,1-5H3/t17-,27+. The maximum Gasteiger partial charge on any atom is 0.238 e. The van der Waals surface area contributed by atoms with Crippen LogP contribution in [0.15, 0.2) is 30.6 Å². The number of aromatic nitrogens is 2. The Morgan fingerprint density at radius 3 is 2.62 bits per heavy atom. The lowest BCUT2D eigenvalue weighted by atomic mass is 9.62. The van der Waals surface area contributed by atoms with Crippen molar-refractivity contribution in [3.63, 3.8) is 0 Å². The molecule has 1 spiro atoms. The van der Waals surface area contributed by atoms with Gasteiger partial charge in [0.15, 0.2) is 0 Å². The second kappa shape index (κ2) is 10.00. The number of hydrogen-bond acceptors (Lipinski definition) is 8. The van der Waals surface area contributed by atoms with Crippen molar-refractivity contribution in [2.24, 2.45) is 0 Å². The van der Waals surface area contributed by atoms with Crippen molar-refractivity contribution >= 4 is 38.2 Å². The van der Waals surface area contributed by atoms with E-state index in [0.29, 0.717) is 41.5 Å². The highest BCUT2D eigenvalue weighted by Gasteiger charge is 2.58. The zero-order valence-corrected chi connectivity index (χ0v) is 23.4. The summed E-state index contributed by atoms with van der Waals surface area (Å²) in [6.45, 7) is 4.81. The Bertz CT molecular complexity index is 1560. The van der Waals surface area contributed by atoms with E-state index in [4.69, 9.17) is 9.47 Å². The number of halogens is 1. The average molecular weight is 558 g/mol. The smallest absolute Gasteiger partial charge is 0.238 e. The third-order valence-corrected chi connectivity index (χ3v) is 7.92. The number of ether oxygens (including phenoxy) is 2. The predicted molar refractivity (Wildman–Crippen MR) is 147 cm³/mol. The van der Waals surface area contributed by atoms with E-state index in [1.165, 1.54) is 18.3 Å². The van der Waals surface area contributed by atoms with Crippen LogP contribution in [-0.4, -0.2) is 70.0 Å². The van der Waals surface area contributed by atoms with E-state index < -0.39 is 21.3 Å². The second-order valence-corrected chi connectivity index (χ2v) is 12.2. The Balaban J connectivity index is 1.59. The molecule has 5 rings (SSSR count). The molecule has 0 radical (unpaired) electrons. The summed E-state index contributed by atoms with van der Waals surface area (Å²) in [5, 5.41) is 3.87. The summed E-state index contributed by atoms with van der Waals surface area (Å²) in [5.74, 6) is -0.488. The van der Waals surface area contributed by atoms with Gasteiger partial charge in [-0.15, -0.1) is 0 Å². The first-order valence-electron chi connectivity index (χ1n) is 12.7. The first kappa shape index (κ1) is 27.2. The lowest BCUT2D eigenvalue weighted by molar-refractivity contribution is -0.131. The van der Waals surface area contributed by atoms with Crippen LogP contribution in [0, 0.1) is 5.82 Å². The van der Waals surface area contributed by atoms with Crippen LogP contribution >= 0.6 is 0 Å². The van der Waals surface area contributed by atoms with E-state index in [2.05, 4.69) is 20.0 Å². The number of rotatable bonds is 9. The monoisotopic (exact) mass is 557 g/mol. The number of nitrogens with zero attached hydrogens (tertiary/aromatic N) is 3. The molecule has 1 fully saturated rings. The Kier molecular flexibility index (Phi) is 6.98. The number of carbonyl (C=O) groups is 1. The number of sulfonamides is 1. The lowest BCUT2D eigenvalue weighted by Crippen LogP contribution is -2.51. The van der Waals surface area contributed by atoms with Gasteiger partial charge in [0, 0.05) is 61.1 Å². The van der Waals surface area contributed by atoms with Gasteiger partial charge in [-0.25, -0.2) is 17.8 Å². The Hall–Kier alpha value is -3.35. The van der Waals surface area contributed by atoms with E-state index in [0.717, 1.165) is 11.8 Å². The minimum absolute atomic E-state index is 0.0271. The zero-order chi connectivity index (χ0) is 28.1. The van der Waals surface area contributed by atoms with Crippen LogP contribution in [-0.2, 0) is 25.0 Å². The van der Waals surface area contributed by atoms with Crippen molar-refractivity contribution in [1.82, 2.24) is 15.3 Å². The van der Waals surface area contributed by atoms with Crippen LogP contribution in [0.25, 0.3) is 22.0 Å². The number of nitrogens with one attached hydrogen (secondary N) is 2. The fourth-order valence-corrected chi connectivity index (χ4v) is 6.01. The number of pyridine rings is 2. The minimum atomic E-state index is -3.67. The molecule has 2 aliphatic rings. The summed E-state index contributed by atoms with van der Waals surface area (Å²) in [6, 6.07) is 4.76. The molecular formula is C27H32FN5O5S. The molecule has 39 heavy (non-hydrogen) atoms. The van der Waals surface area contributed by atoms with Gasteiger partial charge >= 0.3 is 0 Å². The van der Waals surface area contributed by atoms with Gasteiger partial charge in [0.2, 0.25) is 21.8 Å². The third kappa shape index (κ3) is 4.92. The molecule has 3 aromatic rings. The molecule has 0 unspecified atom stereocenters. The Morgan fingerprint density at radius 1 is 1.21 bits per heavy atom. The first-order valence-corrected chi connectivity index (χ1v) is 14.6. The summed E-state index contributed by atoms with van der Waals surface area (Å²) in [6.07, 6.45) is 5.11. The van der Waals surface area contributed by atoms with Gasteiger partial charge in [-0.05, 0) is 25.0 Å². The second-order valence-electron chi connectivity index (χ2n) is 10.5. The van der Waals surface area contributed by atoms with Crippen LogP contribution in [0.3, 0.4) is 0 Å². The van der Waals surface area contributed by atoms with Crippen molar-refractivity contribution in [1.29, 1.82) is 0 Å². The van der Waals surface area contributed by atoms with Crippen molar-refractivity contribution < 1.29 is 27.1 Å². The molecule has 208 valence electrons. The quantitative estimate of drug-likeness (QED) is 0.385. The van der Waals surface area contributed by atoms with Crippen molar-refractivity contribution in [3.8, 4) is 17.0 Å². The normalized spacial score (nSPS) is 20.5. The van der Waals surface area contributed by atoms with Gasteiger partial charge in [-0.1, -0.05) is 13.8 Å². The number of hydrogen-bond donors (Lipinski definition) is 2. The summed E-state index contributed by atoms with van der Waals surface area (Å²) in [5.41, 5.74) is 1.84.